The molecule has 92 valence electrons. The van der Waals surface area contributed by atoms with Crippen molar-refractivity contribution in [3.05, 3.63) is 45.8 Å². The van der Waals surface area contributed by atoms with Crippen molar-refractivity contribution in [2.75, 3.05) is 0 Å². The number of aryl methyl sites for hydroxylation is 1. The molecule has 0 fully saturated rings. The lowest BCUT2D eigenvalue weighted by Gasteiger charge is -1.95. The van der Waals surface area contributed by atoms with Crippen LogP contribution < -0.4 is 0 Å². The second-order valence-corrected chi connectivity index (χ2v) is 5.17. The van der Waals surface area contributed by atoms with Crippen LogP contribution in [0.5, 0.6) is 0 Å². The van der Waals surface area contributed by atoms with E-state index in [2.05, 4.69) is 31.5 Å². The highest BCUT2D eigenvalue weighted by atomic mass is 79.9. The van der Waals surface area contributed by atoms with Gasteiger partial charge in [-0.15, -0.1) is 5.10 Å². The number of tetrazole rings is 1. The van der Waals surface area contributed by atoms with Crippen molar-refractivity contribution >= 4 is 33.5 Å². The molecule has 2 rings (SSSR count). The molecule has 0 bridgehead atoms. The Bertz CT molecular complexity index is 579. The molecule has 0 radical (unpaired) electrons. The zero-order valence-electron chi connectivity index (χ0n) is 9.45. The Labute approximate surface area is 116 Å². The third-order valence-electron chi connectivity index (χ3n) is 2.10. The molecule has 7 heteroatoms. The van der Waals surface area contributed by atoms with E-state index in [4.69, 9.17) is 0 Å². The van der Waals surface area contributed by atoms with Crippen LogP contribution in [0.1, 0.15) is 10.4 Å². The van der Waals surface area contributed by atoms with E-state index >= 15 is 0 Å². The van der Waals surface area contributed by atoms with Crippen LogP contribution in [0.3, 0.4) is 0 Å². The number of carbonyl (C=O) groups excluding carboxylic acids is 1. The van der Waals surface area contributed by atoms with Crippen LogP contribution in [-0.2, 0) is 7.05 Å². The summed E-state index contributed by atoms with van der Waals surface area (Å²) in [5, 5.41) is 13.3. The van der Waals surface area contributed by atoms with E-state index in [9.17, 15) is 4.79 Å². The highest BCUT2D eigenvalue weighted by molar-refractivity contribution is 9.10. The number of hydrogen-bond donors (Lipinski definition) is 0. The molecule has 0 atom stereocenters. The maximum Gasteiger partial charge on any atom is 0.213 e. The minimum atomic E-state index is -0.0508. The van der Waals surface area contributed by atoms with Crippen LogP contribution in [0.15, 0.2) is 45.4 Å². The van der Waals surface area contributed by atoms with Gasteiger partial charge in [0.1, 0.15) is 0 Å². The van der Waals surface area contributed by atoms with E-state index in [1.165, 1.54) is 17.8 Å². The van der Waals surface area contributed by atoms with Gasteiger partial charge in [0, 0.05) is 17.1 Å². The minimum Gasteiger partial charge on any atom is -0.289 e. The molecule has 0 aliphatic heterocycles. The fourth-order valence-corrected chi connectivity index (χ4v) is 2.04. The lowest BCUT2D eigenvalue weighted by atomic mass is 10.1. The molecule has 2 aromatic rings. The number of rotatable bonds is 4. The molecule has 0 N–H and O–H groups in total. The zero-order valence-corrected chi connectivity index (χ0v) is 11.8. The molecular formula is C11H9BrN4OS. The molecule has 1 aromatic carbocycles. The second-order valence-electron chi connectivity index (χ2n) is 3.38. The number of halogens is 1. The number of ketones is 1. The van der Waals surface area contributed by atoms with Gasteiger partial charge in [0.2, 0.25) is 5.16 Å². The smallest absolute Gasteiger partial charge is 0.213 e. The normalized spacial score (nSPS) is 11.0. The summed E-state index contributed by atoms with van der Waals surface area (Å²) in [6.07, 6.45) is 1.50. The van der Waals surface area contributed by atoms with E-state index in [0.717, 1.165) is 4.47 Å². The molecule has 18 heavy (non-hydrogen) atoms. The molecule has 0 saturated heterocycles. The van der Waals surface area contributed by atoms with E-state index in [1.54, 1.807) is 29.3 Å². The van der Waals surface area contributed by atoms with Crippen molar-refractivity contribution < 1.29 is 4.79 Å². The molecule has 0 amide bonds. The van der Waals surface area contributed by atoms with Crippen molar-refractivity contribution in [3.63, 3.8) is 0 Å². The monoisotopic (exact) mass is 324 g/mol. The summed E-state index contributed by atoms with van der Waals surface area (Å²) in [5.41, 5.74) is 0.645. The van der Waals surface area contributed by atoms with Gasteiger partial charge in [0.05, 0.1) is 0 Å². The number of carbonyl (C=O) groups is 1. The van der Waals surface area contributed by atoms with Crippen molar-refractivity contribution in [1.82, 2.24) is 20.2 Å². The van der Waals surface area contributed by atoms with Gasteiger partial charge in [-0.05, 0) is 46.2 Å². The Morgan fingerprint density at radius 1 is 1.39 bits per heavy atom. The first-order chi connectivity index (χ1) is 8.66. The van der Waals surface area contributed by atoms with E-state index < -0.39 is 0 Å². The Balaban J connectivity index is 1.99. The highest BCUT2D eigenvalue weighted by Crippen LogP contribution is 2.15. The summed E-state index contributed by atoms with van der Waals surface area (Å²) in [4.78, 5) is 11.8. The third-order valence-corrected chi connectivity index (χ3v) is 3.46. The van der Waals surface area contributed by atoms with E-state index in [0.29, 0.717) is 10.7 Å². The van der Waals surface area contributed by atoms with Gasteiger partial charge in [-0.2, -0.15) is 0 Å². The molecule has 0 unspecified atom stereocenters. The summed E-state index contributed by atoms with van der Waals surface area (Å²) in [6, 6.07) is 7.21. The van der Waals surface area contributed by atoms with Crippen LogP contribution in [0, 0.1) is 0 Å². The fraction of sp³-hybridized carbons (Fsp3) is 0.0909. The zero-order chi connectivity index (χ0) is 13.0. The largest absolute Gasteiger partial charge is 0.289 e. The number of thioether (sulfide) groups is 1. The molecule has 0 saturated carbocycles. The first-order valence-electron chi connectivity index (χ1n) is 5.02. The number of benzene rings is 1. The number of aromatic nitrogens is 4. The fourth-order valence-electron chi connectivity index (χ4n) is 1.19. The molecular weight excluding hydrogens is 316 g/mol. The van der Waals surface area contributed by atoms with Crippen LogP contribution in [0.4, 0.5) is 0 Å². The maximum atomic E-state index is 11.8. The average Bonchev–Trinajstić information content (AvgIpc) is 2.76. The molecule has 0 aliphatic carbocycles. The standard InChI is InChI=1S/C11H9BrN4OS/c1-16-11(13-14-15-16)18-7-6-10(17)8-2-4-9(12)5-3-8/h2-7H,1H3/b7-6-. The number of nitrogens with zero attached hydrogens (tertiary/aromatic N) is 4. The third kappa shape index (κ3) is 3.27. The quantitative estimate of drug-likeness (QED) is 0.491. The number of hydrogen-bond acceptors (Lipinski definition) is 5. The Morgan fingerprint density at radius 2 is 2.11 bits per heavy atom. The highest BCUT2D eigenvalue weighted by Gasteiger charge is 2.02. The van der Waals surface area contributed by atoms with Crippen LogP contribution in [0.2, 0.25) is 0 Å². The van der Waals surface area contributed by atoms with Gasteiger partial charge < -0.3 is 0 Å². The molecule has 0 aliphatic rings. The Kier molecular flexibility index (Phi) is 4.27. The second kappa shape index (κ2) is 5.92. The summed E-state index contributed by atoms with van der Waals surface area (Å²) >= 11 is 4.62. The van der Waals surface area contributed by atoms with Crippen molar-refractivity contribution in [2.24, 2.45) is 7.05 Å². The van der Waals surface area contributed by atoms with Crippen LogP contribution >= 0.6 is 27.7 Å². The lowest BCUT2D eigenvalue weighted by Crippen LogP contribution is -1.94. The summed E-state index contributed by atoms with van der Waals surface area (Å²) in [5.74, 6) is -0.0508. The van der Waals surface area contributed by atoms with Gasteiger partial charge in [-0.25, -0.2) is 4.68 Å². The number of allylic oxidation sites excluding steroid dienone is 1. The predicted molar refractivity (Wildman–Crippen MR) is 72.3 cm³/mol. The first kappa shape index (κ1) is 13.0. The SMILES string of the molecule is Cn1nnnc1S/C=C\C(=O)c1ccc(Br)cc1. The van der Waals surface area contributed by atoms with Gasteiger partial charge >= 0.3 is 0 Å². The van der Waals surface area contributed by atoms with E-state index in [-0.39, 0.29) is 5.78 Å². The molecule has 1 heterocycles. The van der Waals surface area contributed by atoms with Crippen molar-refractivity contribution in [3.8, 4) is 0 Å². The molecule has 5 nitrogen and oxygen atoms in total. The summed E-state index contributed by atoms with van der Waals surface area (Å²) < 4.78 is 2.49. The van der Waals surface area contributed by atoms with Crippen LogP contribution in [0.25, 0.3) is 0 Å². The van der Waals surface area contributed by atoms with E-state index in [1.807, 2.05) is 12.1 Å². The summed E-state index contributed by atoms with van der Waals surface area (Å²) in [6.45, 7) is 0. The van der Waals surface area contributed by atoms with Gasteiger partial charge in [-0.1, -0.05) is 27.7 Å². The van der Waals surface area contributed by atoms with Gasteiger partial charge in [0.25, 0.3) is 0 Å². The summed E-state index contributed by atoms with van der Waals surface area (Å²) in [7, 11) is 1.74. The molecule has 0 spiro atoms. The van der Waals surface area contributed by atoms with Crippen molar-refractivity contribution in [1.29, 1.82) is 0 Å². The minimum absolute atomic E-state index is 0.0508. The lowest BCUT2D eigenvalue weighted by molar-refractivity contribution is 0.104. The topological polar surface area (TPSA) is 60.7 Å². The van der Waals surface area contributed by atoms with Crippen molar-refractivity contribution in [2.45, 2.75) is 5.16 Å². The predicted octanol–water partition coefficient (Wildman–Crippen LogP) is 2.46. The maximum absolute atomic E-state index is 11.8. The Hall–Kier alpha value is -1.47. The molecule has 1 aromatic heterocycles. The van der Waals surface area contributed by atoms with Crippen LogP contribution in [-0.4, -0.2) is 26.0 Å². The average molecular weight is 325 g/mol. The first-order valence-corrected chi connectivity index (χ1v) is 6.69. The van der Waals surface area contributed by atoms with Gasteiger partial charge in [0.15, 0.2) is 5.78 Å². The van der Waals surface area contributed by atoms with Gasteiger partial charge in [-0.3, -0.25) is 4.79 Å². The Morgan fingerprint density at radius 3 is 2.72 bits per heavy atom.